The highest BCUT2D eigenvalue weighted by Crippen LogP contribution is 2.27. The summed E-state index contributed by atoms with van der Waals surface area (Å²) in [6.07, 6.45) is 2.51. The molecule has 0 aromatic heterocycles. The molecule has 1 atom stereocenters. The van der Waals surface area contributed by atoms with E-state index < -0.39 is 0 Å². The minimum atomic E-state index is -0.151. The van der Waals surface area contributed by atoms with Crippen LogP contribution >= 0.6 is 11.8 Å². The molecule has 88 valence electrons. The van der Waals surface area contributed by atoms with Gasteiger partial charge in [0.2, 0.25) is 0 Å². The average Bonchev–Trinajstić information content (AvgIpc) is 3.12. The van der Waals surface area contributed by atoms with Crippen LogP contribution in [-0.4, -0.2) is 29.0 Å². The van der Waals surface area contributed by atoms with Gasteiger partial charge in [0, 0.05) is 22.2 Å². The number of rotatable bonds is 6. The van der Waals surface area contributed by atoms with Crippen molar-refractivity contribution in [3.8, 4) is 0 Å². The third kappa shape index (κ3) is 3.51. The second-order valence-electron chi connectivity index (χ2n) is 4.74. The Bertz CT molecular complexity index is 326. The molecule has 0 bridgehead atoms. The first-order chi connectivity index (χ1) is 7.72. The Hall–Kier alpha value is -0.510. The van der Waals surface area contributed by atoms with Crippen LogP contribution in [0.2, 0.25) is 0 Å². The summed E-state index contributed by atoms with van der Waals surface area (Å²) in [5, 5.41) is 13.0. The Balaban J connectivity index is 1.86. The van der Waals surface area contributed by atoms with E-state index >= 15 is 0 Å². The molecule has 3 heteroatoms. The van der Waals surface area contributed by atoms with Crippen LogP contribution in [-0.2, 0) is 0 Å². The van der Waals surface area contributed by atoms with Gasteiger partial charge in [-0.1, -0.05) is 18.2 Å². The molecule has 0 aliphatic heterocycles. The summed E-state index contributed by atoms with van der Waals surface area (Å²) < 4.78 is 0. The summed E-state index contributed by atoms with van der Waals surface area (Å²) >= 11 is 1.80. The zero-order valence-electron chi connectivity index (χ0n) is 9.65. The van der Waals surface area contributed by atoms with Crippen LogP contribution in [0.25, 0.3) is 0 Å². The van der Waals surface area contributed by atoms with Crippen LogP contribution < -0.4 is 5.32 Å². The first-order valence-corrected chi connectivity index (χ1v) is 6.77. The normalized spacial score (nSPS) is 19.4. The maximum Gasteiger partial charge on any atom is 0.0618 e. The Morgan fingerprint density at radius 3 is 2.62 bits per heavy atom. The van der Waals surface area contributed by atoms with Crippen LogP contribution in [0, 0.1) is 0 Å². The Kier molecular flexibility index (Phi) is 3.90. The van der Waals surface area contributed by atoms with Crippen molar-refractivity contribution >= 4 is 11.8 Å². The summed E-state index contributed by atoms with van der Waals surface area (Å²) in [5.74, 6) is 0.907. The maximum absolute atomic E-state index is 9.46. The smallest absolute Gasteiger partial charge is 0.0618 e. The summed E-state index contributed by atoms with van der Waals surface area (Å²) in [6, 6.07) is 11.0. The molecule has 1 saturated carbocycles. The summed E-state index contributed by atoms with van der Waals surface area (Å²) in [5.41, 5.74) is -0.151. The maximum atomic E-state index is 9.46. The van der Waals surface area contributed by atoms with Gasteiger partial charge in [-0.3, -0.25) is 0 Å². The first kappa shape index (κ1) is 12.0. The molecule has 0 spiro atoms. The molecule has 1 aromatic rings. The van der Waals surface area contributed by atoms with Gasteiger partial charge in [-0.15, -0.1) is 11.8 Å². The topological polar surface area (TPSA) is 32.3 Å². The number of nitrogens with one attached hydrogen (secondary N) is 1. The van der Waals surface area contributed by atoms with E-state index in [0.717, 1.165) is 5.75 Å². The summed E-state index contributed by atoms with van der Waals surface area (Å²) in [6.45, 7) is 2.30. The molecular formula is C13H19NOS. The largest absolute Gasteiger partial charge is 0.394 e. The Morgan fingerprint density at radius 2 is 2.06 bits per heavy atom. The lowest BCUT2D eigenvalue weighted by molar-refractivity contribution is 0.190. The fraction of sp³-hybridized carbons (Fsp3) is 0.538. The van der Waals surface area contributed by atoms with Crippen molar-refractivity contribution in [3.63, 3.8) is 0 Å². The molecule has 2 rings (SSSR count). The minimum Gasteiger partial charge on any atom is -0.394 e. The second kappa shape index (κ2) is 5.21. The van der Waals surface area contributed by atoms with Gasteiger partial charge in [-0.05, 0) is 31.9 Å². The van der Waals surface area contributed by atoms with Crippen LogP contribution in [0.15, 0.2) is 35.2 Å². The monoisotopic (exact) mass is 237 g/mol. The van der Waals surface area contributed by atoms with E-state index in [1.54, 1.807) is 11.8 Å². The molecular weight excluding hydrogens is 218 g/mol. The number of aliphatic hydroxyl groups is 1. The van der Waals surface area contributed by atoms with E-state index in [-0.39, 0.29) is 12.1 Å². The van der Waals surface area contributed by atoms with Gasteiger partial charge < -0.3 is 10.4 Å². The summed E-state index contributed by atoms with van der Waals surface area (Å²) in [4.78, 5) is 1.26. The van der Waals surface area contributed by atoms with E-state index in [0.29, 0.717) is 6.04 Å². The molecule has 0 amide bonds. The van der Waals surface area contributed by atoms with E-state index in [1.807, 2.05) is 18.2 Å². The van der Waals surface area contributed by atoms with E-state index in [4.69, 9.17) is 0 Å². The zero-order chi connectivity index (χ0) is 11.4. The molecule has 0 saturated heterocycles. The van der Waals surface area contributed by atoms with E-state index in [9.17, 15) is 5.11 Å². The van der Waals surface area contributed by atoms with Gasteiger partial charge in [0.15, 0.2) is 0 Å². The summed E-state index contributed by atoms with van der Waals surface area (Å²) in [7, 11) is 0. The zero-order valence-corrected chi connectivity index (χ0v) is 10.5. The lowest BCUT2D eigenvalue weighted by Gasteiger charge is -2.28. The standard InChI is InChI=1S/C13H19NOS/c1-13(9-15,14-11-7-8-11)10-16-12-5-3-2-4-6-12/h2-6,11,14-15H,7-10H2,1H3. The fourth-order valence-corrected chi connectivity index (χ4v) is 2.62. The number of hydrogen-bond acceptors (Lipinski definition) is 3. The molecule has 0 radical (unpaired) electrons. The molecule has 0 heterocycles. The van der Waals surface area contributed by atoms with Crippen molar-refractivity contribution in [2.24, 2.45) is 0 Å². The number of thioether (sulfide) groups is 1. The lowest BCUT2D eigenvalue weighted by atomic mass is 10.1. The molecule has 16 heavy (non-hydrogen) atoms. The Morgan fingerprint density at radius 1 is 1.38 bits per heavy atom. The van der Waals surface area contributed by atoms with E-state index in [2.05, 4.69) is 24.4 Å². The van der Waals surface area contributed by atoms with Crippen molar-refractivity contribution in [1.29, 1.82) is 0 Å². The van der Waals surface area contributed by atoms with Gasteiger partial charge in [-0.2, -0.15) is 0 Å². The van der Waals surface area contributed by atoms with Crippen LogP contribution in [0.3, 0.4) is 0 Å². The number of benzene rings is 1. The average molecular weight is 237 g/mol. The highest BCUT2D eigenvalue weighted by atomic mass is 32.2. The highest BCUT2D eigenvalue weighted by molar-refractivity contribution is 7.99. The SMILES string of the molecule is CC(CO)(CSc1ccccc1)NC1CC1. The number of aliphatic hydroxyl groups excluding tert-OH is 1. The molecule has 1 fully saturated rings. The van der Waals surface area contributed by atoms with E-state index in [1.165, 1.54) is 17.7 Å². The minimum absolute atomic E-state index is 0.151. The van der Waals surface area contributed by atoms with Crippen LogP contribution in [0.5, 0.6) is 0 Å². The molecule has 1 unspecified atom stereocenters. The van der Waals surface area contributed by atoms with Crippen molar-refractivity contribution in [2.75, 3.05) is 12.4 Å². The number of hydrogen-bond donors (Lipinski definition) is 2. The van der Waals surface area contributed by atoms with Gasteiger partial charge in [0.1, 0.15) is 0 Å². The Labute approximate surface area is 101 Å². The van der Waals surface area contributed by atoms with Gasteiger partial charge >= 0.3 is 0 Å². The molecule has 2 nitrogen and oxygen atoms in total. The third-order valence-electron chi connectivity index (χ3n) is 2.78. The van der Waals surface area contributed by atoms with Crippen molar-refractivity contribution < 1.29 is 5.11 Å². The highest BCUT2D eigenvalue weighted by Gasteiger charge is 2.31. The van der Waals surface area contributed by atoms with Gasteiger partial charge in [0.25, 0.3) is 0 Å². The molecule has 1 aliphatic rings. The molecule has 1 aromatic carbocycles. The third-order valence-corrected chi connectivity index (χ3v) is 4.17. The van der Waals surface area contributed by atoms with Gasteiger partial charge in [0.05, 0.1) is 6.61 Å². The fourth-order valence-electron chi connectivity index (χ4n) is 1.61. The lowest BCUT2D eigenvalue weighted by Crippen LogP contribution is -2.49. The second-order valence-corrected chi connectivity index (χ2v) is 5.79. The van der Waals surface area contributed by atoms with Crippen molar-refractivity contribution in [3.05, 3.63) is 30.3 Å². The van der Waals surface area contributed by atoms with Crippen LogP contribution in [0.1, 0.15) is 19.8 Å². The molecule has 2 N–H and O–H groups in total. The van der Waals surface area contributed by atoms with Gasteiger partial charge in [-0.25, -0.2) is 0 Å². The van der Waals surface area contributed by atoms with Crippen molar-refractivity contribution in [2.45, 2.75) is 36.2 Å². The predicted octanol–water partition coefficient (Wildman–Crippen LogP) is 2.28. The van der Waals surface area contributed by atoms with Crippen LogP contribution in [0.4, 0.5) is 0 Å². The predicted molar refractivity (Wildman–Crippen MR) is 68.8 cm³/mol. The van der Waals surface area contributed by atoms with Crippen molar-refractivity contribution in [1.82, 2.24) is 5.32 Å². The first-order valence-electron chi connectivity index (χ1n) is 5.78. The molecule has 1 aliphatic carbocycles. The quantitative estimate of drug-likeness (QED) is 0.745.